The normalized spacial score (nSPS) is 9.56. The van der Waals surface area contributed by atoms with Crippen LogP contribution in [0.25, 0.3) is 0 Å². The summed E-state index contributed by atoms with van der Waals surface area (Å²) < 4.78 is 0. The van der Waals surface area contributed by atoms with Gasteiger partial charge in [-0.05, 0) is 24.5 Å². The average Bonchev–Trinajstić information content (AvgIpc) is 2.26. The summed E-state index contributed by atoms with van der Waals surface area (Å²) in [6.07, 6.45) is 2.38. The lowest BCUT2D eigenvalue weighted by atomic mass is 10.1. The van der Waals surface area contributed by atoms with Gasteiger partial charge in [-0.15, -0.1) is 0 Å². The number of benzene rings is 1. The molecule has 0 aliphatic carbocycles. The molecule has 4 nitrogen and oxygen atoms in total. The third-order valence-corrected chi connectivity index (χ3v) is 2.18. The minimum atomic E-state index is -0.0709. The van der Waals surface area contributed by atoms with Gasteiger partial charge in [-0.3, -0.25) is 9.59 Å². The Morgan fingerprint density at radius 1 is 1.38 bits per heavy atom. The first-order valence-corrected chi connectivity index (χ1v) is 5.26. The molecule has 1 aromatic carbocycles. The Bertz CT molecular complexity index is 364. The van der Waals surface area contributed by atoms with Crippen LogP contribution < -0.4 is 10.6 Å². The van der Waals surface area contributed by atoms with E-state index in [2.05, 4.69) is 10.6 Å². The molecule has 0 aliphatic heterocycles. The van der Waals surface area contributed by atoms with Crippen LogP contribution in [0.15, 0.2) is 24.3 Å². The number of carbonyl (C=O) groups excluding carboxylic acids is 2. The number of nitrogens with one attached hydrogen (secondary N) is 2. The Balaban J connectivity index is 2.56. The van der Waals surface area contributed by atoms with Crippen molar-refractivity contribution < 1.29 is 9.59 Å². The molecule has 4 heteroatoms. The van der Waals surface area contributed by atoms with Crippen molar-refractivity contribution >= 4 is 18.0 Å². The van der Waals surface area contributed by atoms with Gasteiger partial charge in [-0.25, -0.2) is 0 Å². The molecule has 0 spiro atoms. The van der Waals surface area contributed by atoms with Crippen LogP contribution in [0.3, 0.4) is 0 Å². The largest absolute Gasteiger partial charge is 0.359 e. The monoisotopic (exact) mass is 220 g/mol. The number of amides is 2. The minimum absolute atomic E-state index is 0.0709. The molecule has 16 heavy (non-hydrogen) atoms. The summed E-state index contributed by atoms with van der Waals surface area (Å²) in [4.78, 5) is 21.0. The molecular weight excluding hydrogens is 204 g/mol. The molecule has 0 fully saturated rings. The first-order chi connectivity index (χ1) is 7.74. The summed E-state index contributed by atoms with van der Waals surface area (Å²) in [6.45, 7) is 2.14. The summed E-state index contributed by atoms with van der Waals surface area (Å²) >= 11 is 0. The second-order valence-electron chi connectivity index (χ2n) is 3.51. The maximum Gasteiger partial charge on any atom is 0.221 e. The van der Waals surface area contributed by atoms with Gasteiger partial charge < -0.3 is 10.6 Å². The van der Waals surface area contributed by atoms with Crippen LogP contribution in [-0.2, 0) is 16.0 Å². The van der Waals surface area contributed by atoms with Crippen molar-refractivity contribution in [3.63, 3.8) is 0 Å². The Hall–Kier alpha value is -1.84. The molecular formula is C12H16N2O2. The third-order valence-electron chi connectivity index (χ3n) is 2.18. The van der Waals surface area contributed by atoms with E-state index in [-0.39, 0.29) is 5.91 Å². The van der Waals surface area contributed by atoms with E-state index in [4.69, 9.17) is 0 Å². The zero-order valence-electron chi connectivity index (χ0n) is 9.32. The van der Waals surface area contributed by atoms with Crippen LogP contribution in [0.1, 0.15) is 18.9 Å². The molecule has 0 radical (unpaired) electrons. The first kappa shape index (κ1) is 12.2. The lowest BCUT2D eigenvalue weighted by Crippen LogP contribution is -2.13. The summed E-state index contributed by atoms with van der Waals surface area (Å²) in [6, 6.07) is 7.68. The second-order valence-corrected chi connectivity index (χ2v) is 3.51. The third kappa shape index (κ3) is 4.13. The summed E-state index contributed by atoms with van der Waals surface area (Å²) in [7, 11) is 0. The van der Waals surface area contributed by atoms with Gasteiger partial charge in [-0.1, -0.05) is 18.2 Å². The van der Waals surface area contributed by atoms with Gasteiger partial charge in [0.05, 0.1) is 0 Å². The molecule has 0 atom stereocenters. The standard InChI is InChI=1S/C12H16N2O2/c1-10(16)14-12-7-3-2-5-11(12)6-4-8-13-9-15/h2-3,5,7,9H,4,6,8H2,1H3,(H,13,15)(H,14,16). The van der Waals surface area contributed by atoms with Crippen LogP contribution in [0.4, 0.5) is 5.69 Å². The fourth-order valence-corrected chi connectivity index (χ4v) is 1.49. The highest BCUT2D eigenvalue weighted by molar-refractivity contribution is 5.89. The highest BCUT2D eigenvalue weighted by Gasteiger charge is 2.02. The molecule has 0 heterocycles. The number of para-hydroxylation sites is 1. The number of hydrogen-bond acceptors (Lipinski definition) is 2. The zero-order chi connectivity index (χ0) is 11.8. The zero-order valence-corrected chi connectivity index (χ0v) is 9.32. The van der Waals surface area contributed by atoms with Crippen LogP contribution in [0, 0.1) is 0 Å². The van der Waals surface area contributed by atoms with Gasteiger partial charge in [0.2, 0.25) is 12.3 Å². The fourth-order valence-electron chi connectivity index (χ4n) is 1.49. The van der Waals surface area contributed by atoms with Crippen molar-refractivity contribution in [3.8, 4) is 0 Å². The Morgan fingerprint density at radius 3 is 2.81 bits per heavy atom. The van der Waals surface area contributed by atoms with Crippen molar-refractivity contribution in [2.75, 3.05) is 11.9 Å². The summed E-state index contributed by atoms with van der Waals surface area (Å²) in [5, 5.41) is 5.40. The fraction of sp³-hybridized carbons (Fsp3) is 0.333. The Kier molecular flexibility index (Phi) is 5.05. The van der Waals surface area contributed by atoms with E-state index in [0.29, 0.717) is 13.0 Å². The lowest BCUT2D eigenvalue weighted by molar-refractivity contribution is -0.114. The minimum Gasteiger partial charge on any atom is -0.359 e. The van der Waals surface area contributed by atoms with Gasteiger partial charge >= 0.3 is 0 Å². The number of rotatable bonds is 6. The number of hydrogen-bond donors (Lipinski definition) is 2. The van der Waals surface area contributed by atoms with Crippen LogP contribution in [0.5, 0.6) is 0 Å². The summed E-state index contributed by atoms with van der Waals surface area (Å²) in [5.74, 6) is -0.0709. The number of anilines is 1. The molecule has 0 saturated heterocycles. The van der Waals surface area contributed by atoms with Gasteiger partial charge in [-0.2, -0.15) is 0 Å². The van der Waals surface area contributed by atoms with Crippen LogP contribution in [0.2, 0.25) is 0 Å². The molecule has 0 aromatic heterocycles. The van der Waals surface area contributed by atoms with E-state index in [1.165, 1.54) is 6.92 Å². The predicted molar refractivity (Wildman–Crippen MR) is 63.1 cm³/mol. The second kappa shape index (κ2) is 6.61. The smallest absolute Gasteiger partial charge is 0.221 e. The van der Waals surface area contributed by atoms with Crippen molar-refractivity contribution in [2.45, 2.75) is 19.8 Å². The lowest BCUT2D eigenvalue weighted by Gasteiger charge is -2.09. The van der Waals surface area contributed by atoms with E-state index < -0.39 is 0 Å². The topological polar surface area (TPSA) is 58.2 Å². The average molecular weight is 220 g/mol. The molecule has 2 amide bonds. The van der Waals surface area contributed by atoms with E-state index in [9.17, 15) is 9.59 Å². The Labute approximate surface area is 95.0 Å². The van der Waals surface area contributed by atoms with Crippen molar-refractivity contribution in [2.24, 2.45) is 0 Å². The maximum absolute atomic E-state index is 11.0. The molecule has 0 bridgehead atoms. The first-order valence-electron chi connectivity index (χ1n) is 5.26. The van der Waals surface area contributed by atoms with Crippen LogP contribution in [-0.4, -0.2) is 18.9 Å². The molecule has 86 valence electrons. The molecule has 2 N–H and O–H groups in total. The van der Waals surface area contributed by atoms with E-state index in [1.54, 1.807) is 0 Å². The number of carbonyl (C=O) groups is 2. The highest BCUT2D eigenvalue weighted by atomic mass is 16.1. The predicted octanol–water partition coefficient (Wildman–Crippen LogP) is 1.32. The van der Waals surface area contributed by atoms with Gasteiger partial charge in [0.25, 0.3) is 0 Å². The molecule has 1 rings (SSSR count). The maximum atomic E-state index is 11.0. The van der Waals surface area contributed by atoms with Crippen molar-refractivity contribution in [1.29, 1.82) is 0 Å². The van der Waals surface area contributed by atoms with Crippen LogP contribution >= 0.6 is 0 Å². The Morgan fingerprint density at radius 2 is 2.12 bits per heavy atom. The van der Waals surface area contributed by atoms with E-state index in [1.807, 2.05) is 24.3 Å². The molecule has 0 saturated carbocycles. The van der Waals surface area contributed by atoms with Gasteiger partial charge in [0.1, 0.15) is 0 Å². The molecule has 0 unspecified atom stereocenters. The molecule has 0 aliphatic rings. The summed E-state index contributed by atoms with van der Waals surface area (Å²) in [5.41, 5.74) is 1.94. The van der Waals surface area contributed by atoms with Gasteiger partial charge in [0.15, 0.2) is 0 Å². The van der Waals surface area contributed by atoms with Gasteiger partial charge in [0, 0.05) is 19.2 Å². The number of aryl methyl sites for hydroxylation is 1. The van der Waals surface area contributed by atoms with Crippen molar-refractivity contribution in [3.05, 3.63) is 29.8 Å². The molecule has 1 aromatic rings. The van der Waals surface area contributed by atoms with E-state index >= 15 is 0 Å². The van der Waals surface area contributed by atoms with Crippen molar-refractivity contribution in [1.82, 2.24) is 5.32 Å². The SMILES string of the molecule is CC(=O)Nc1ccccc1CCCNC=O. The van der Waals surface area contributed by atoms with E-state index in [0.717, 1.165) is 24.1 Å². The quantitative estimate of drug-likeness (QED) is 0.561. The highest BCUT2D eigenvalue weighted by Crippen LogP contribution is 2.16.